The highest BCUT2D eigenvalue weighted by Gasteiger charge is 2.21. The highest BCUT2D eigenvalue weighted by molar-refractivity contribution is 5.94. The Morgan fingerprint density at radius 3 is 3.00 bits per heavy atom. The van der Waals surface area contributed by atoms with Gasteiger partial charge >= 0.3 is 0 Å². The van der Waals surface area contributed by atoms with Crippen molar-refractivity contribution in [2.75, 3.05) is 5.32 Å². The number of nitrogens with zero attached hydrogens (tertiary/aromatic N) is 4. The molecule has 0 spiro atoms. The lowest BCUT2D eigenvalue weighted by molar-refractivity contribution is -0.117. The van der Waals surface area contributed by atoms with Crippen LogP contribution in [0.3, 0.4) is 0 Å². The monoisotopic (exact) mass is 307 g/mol. The first-order valence-corrected chi connectivity index (χ1v) is 7.17. The average molecular weight is 307 g/mol. The van der Waals surface area contributed by atoms with Crippen LogP contribution in [-0.4, -0.2) is 25.5 Å². The lowest BCUT2D eigenvalue weighted by Crippen LogP contribution is -2.19. The number of carbonyl (C=O) groups is 1. The molecule has 3 heterocycles. The van der Waals surface area contributed by atoms with E-state index in [1.54, 1.807) is 25.4 Å². The second-order valence-corrected chi connectivity index (χ2v) is 5.20. The summed E-state index contributed by atoms with van der Waals surface area (Å²) in [6.07, 6.45) is 3.33. The average Bonchev–Trinajstić information content (AvgIpc) is 3.16. The van der Waals surface area contributed by atoms with E-state index in [2.05, 4.69) is 20.4 Å². The van der Waals surface area contributed by atoms with E-state index in [-0.39, 0.29) is 11.9 Å². The van der Waals surface area contributed by atoms with Crippen LogP contribution in [0.15, 0.2) is 53.2 Å². The minimum absolute atomic E-state index is 0.219. The Hall–Kier alpha value is -3.22. The third kappa shape index (κ3) is 2.42. The summed E-state index contributed by atoms with van der Waals surface area (Å²) in [5.74, 6) is 0.559. The molecule has 1 aromatic carbocycles. The smallest absolute Gasteiger partial charge is 0.253 e. The van der Waals surface area contributed by atoms with Gasteiger partial charge in [-0.1, -0.05) is 18.2 Å². The summed E-state index contributed by atoms with van der Waals surface area (Å²) in [6, 6.07) is 11.3. The predicted octanol–water partition coefficient (Wildman–Crippen LogP) is 2.61. The molecule has 3 aromatic heterocycles. The number of furan rings is 1. The van der Waals surface area contributed by atoms with Gasteiger partial charge in [0.1, 0.15) is 11.3 Å². The fourth-order valence-corrected chi connectivity index (χ4v) is 2.35. The third-order valence-electron chi connectivity index (χ3n) is 3.62. The van der Waals surface area contributed by atoms with Crippen LogP contribution in [-0.2, 0) is 4.79 Å². The van der Waals surface area contributed by atoms with Gasteiger partial charge in [0.25, 0.3) is 11.7 Å². The van der Waals surface area contributed by atoms with Crippen molar-refractivity contribution >= 4 is 28.6 Å². The first-order chi connectivity index (χ1) is 11.2. The van der Waals surface area contributed by atoms with Gasteiger partial charge in [-0.25, -0.2) is 9.50 Å². The summed E-state index contributed by atoms with van der Waals surface area (Å²) in [4.78, 5) is 20.6. The van der Waals surface area contributed by atoms with E-state index in [0.29, 0.717) is 11.5 Å². The van der Waals surface area contributed by atoms with Crippen molar-refractivity contribution in [3.63, 3.8) is 0 Å². The molecule has 4 rings (SSSR count). The van der Waals surface area contributed by atoms with Crippen LogP contribution in [0.25, 0.3) is 16.7 Å². The Kier molecular flexibility index (Phi) is 3.04. The second kappa shape index (κ2) is 5.20. The van der Waals surface area contributed by atoms with Gasteiger partial charge in [0.05, 0.1) is 5.92 Å². The molecule has 0 fully saturated rings. The highest BCUT2D eigenvalue weighted by Crippen LogP contribution is 2.25. The van der Waals surface area contributed by atoms with E-state index < -0.39 is 5.92 Å². The number of fused-ring (bicyclic) bond motifs is 2. The Labute approximate surface area is 131 Å². The van der Waals surface area contributed by atoms with E-state index in [1.807, 2.05) is 30.3 Å². The zero-order valence-corrected chi connectivity index (χ0v) is 12.3. The molecule has 7 heteroatoms. The molecular weight excluding hydrogens is 294 g/mol. The summed E-state index contributed by atoms with van der Waals surface area (Å²) >= 11 is 0. The zero-order chi connectivity index (χ0) is 15.8. The van der Waals surface area contributed by atoms with Crippen molar-refractivity contribution in [2.45, 2.75) is 12.8 Å². The van der Waals surface area contributed by atoms with Crippen molar-refractivity contribution in [2.24, 2.45) is 0 Å². The molecular formula is C16H13N5O2. The van der Waals surface area contributed by atoms with Gasteiger partial charge in [-0.3, -0.25) is 10.1 Å². The molecule has 0 radical (unpaired) electrons. The predicted molar refractivity (Wildman–Crippen MR) is 84.0 cm³/mol. The summed E-state index contributed by atoms with van der Waals surface area (Å²) in [6.45, 7) is 1.78. The van der Waals surface area contributed by atoms with Gasteiger partial charge < -0.3 is 4.42 Å². The number of amides is 1. The van der Waals surface area contributed by atoms with Crippen LogP contribution in [0.1, 0.15) is 18.6 Å². The van der Waals surface area contributed by atoms with Crippen LogP contribution in [0, 0.1) is 0 Å². The zero-order valence-electron chi connectivity index (χ0n) is 12.3. The summed E-state index contributed by atoms with van der Waals surface area (Å²) in [7, 11) is 0. The van der Waals surface area contributed by atoms with E-state index in [4.69, 9.17) is 4.42 Å². The molecule has 0 aliphatic heterocycles. The molecule has 4 aromatic rings. The number of benzene rings is 1. The molecule has 1 amide bonds. The molecule has 0 bridgehead atoms. The fourth-order valence-electron chi connectivity index (χ4n) is 2.35. The maximum absolute atomic E-state index is 12.4. The first-order valence-electron chi connectivity index (χ1n) is 7.17. The quantitative estimate of drug-likeness (QED) is 0.629. The van der Waals surface area contributed by atoms with Crippen molar-refractivity contribution in [3.05, 3.63) is 54.6 Å². The third-order valence-corrected chi connectivity index (χ3v) is 3.62. The standard InChI is InChI=1S/C16H13N5O2/c1-10(13-9-11-5-2-3-6-12(11)23-13)14(22)18-15-19-16-17-7-4-8-21(16)20-15/h2-10H,1H3,(H,18,20,22)/t10-/m1/s1. The number of carbonyl (C=O) groups excluding carboxylic acids is 1. The molecule has 7 nitrogen and oxygen atoms in total. The summed E-state index contributed by atoms with van der Waals surface area (Å²) in [5.41, 5.74) is 0.761. The van der Waals surface area contributed by atoms with Crippen molar-refractivity contribution in [1.29, 1.82) is 0 Å². The maximum atomic E-state index is 12.4. The van der Waals surface area contributed by atoms with Crippen LogP contribution >= 0.6 is 0 Å². The highest BCUT2D eigenvalue weighted by atomic mass is 16.3. The minimum atomic E-state index is -0.457. The maximum Gasteiger partial charge on any atom is 0.253 e. The Bertz CT molecular complexity index is 938. The number of rotatable bonds is 3. The number of para-hydroxylation sites is 1. The van der Waals surface area contributed by atoms with Gasteiger partial charge in [-0.2, -0.15) is 4.98 Å². The lowest BCUT2D eigenvalue weighted by atomic mass is 10.1. The van der Waals surface area contributed by atoms with Gasteiger partial charge in [-0.05, 0) is 25.1 Å². The normalized spacial score (nSPS) is 12.6. The van der Waals surface area contributed by atoms with Crippen molar-refractivity contribution in [1.82, 2.24) is 19.6 Å². The van der Waals surface area contributed by atoms with Crippen molar-refractivity contribution in [3.8, 4) is 0 Å². The summed E-state index contributed by atoms with van der Waals surface area (Å²) in [5, 5.41) is 7.81. The van der Waals surface area contributed by atoms with E-state index in [0.717, 1.165) is 11.0 Å². The molecule has 0 saturated carbocycles. The van der Waals surface area contributed by atoms with Gasteiger partial charge in [0.15, 0.2) is 0 Å². The topological polar surface area (TPSA) is 85.3 Å². The molecule has 0 unspecified atom stereocenters. The Balaban J connectivity index is 1.57. The Morgan fingerprint density at radius 2 is 2.17 bits per heavy atom. The molecule has 0 saturated heterocycles. The van der Waals surface area contributed by atoms with Crippen LogP contribution in [0.4, 0.5) is 5.95 Å². The second-order valence-electron chi connectivity index (χ2n) is 5.20. The fraction of sp³-hybridized carbons (Fsp3) is 0.125. The SMILES string of the molecule is C[C@@H](C(=O)Nc1nc2ncccn2n1)c1cc2ccccc2o1. The van der Waals surface area contributed by atoms with E-state index in [9.17, 15) is 4.79 Å². The van der Waals surface area contributed by atoms with Crippen LogP contribution in [0.2, 0.25) is 0 Å². The van der Waals surface area contributed by atoms with Crippen LogP contribution < -0.4 is 5.32 Å². The van der Waals surface area contributed by atoms with Gasteiger partial charge in [0.2, 0.25) is 5.91 Å². The molecule has 1 N–H and O–H groups in total. The van der Waals surface area contributed by atoms with E-state index in [1.165, 1.54) is 4.52 Å². The number of anilines is 1. The molecule has 0 aliphatic rings. The number of aromatic nitrogens is 4. The molecule has 0 aliphatic carbocycles. The lowest BCUT2D eigenvalue weighted by Gasteiger charge is -2.06. The molecule has 114 valence electrons. The number of hydrogen-bond acceptors (Lipinski definition) is 5. The van der Waals surface area contributed by atoms with Gasteiger partial charge in [-0.15, -0.1) is 5.10 Å². The van der Waals surface area contributed by atoms with Gasteiger partial charge in [0, 0.05) is 17.8 Å². The van der Waals surface area contributed by atoms with Crippen LogP contribution in [0.5, 0.6) is 0 Å². The molecule has 23 heavy (non-hydrogen) atoms. The summed E-state index contributed by atoms with van der Waals surface area (Å²) < 4.78 is 7.23. The first kappa shape index (κ1) is 13.4. The number of nitrogens with one attached hydrogen (secondary N) is 1. The Morgan fingerprint density at radius 1 is 1.30 bits per heavy atom. The largest absolute Gasteiger partial charge is 0.460 e. The minimum Gasteiger partial charge on any atom is -0.460 e. The van der Waals surface area contributed by atoms with Crippen molar-refractivity contribution < 1.29 is 9.21 Å². The molecule has 1 atom stereocenters. The van der Waals surface area contributed by atoms with E-state index >= 15 is 0 Å². The number of hydrogen-bond donors (Lipinski definition) is 1.